The zero-order chi connectivity index (χ0) is 19.0. The number of hydrogen-bond acceptors (Lipinski definition) is 8. The second kappa shape index (κ2) is 6.80. The Morgan fingerprint density at radius 1 is 1.19 bits per heavy atom. The molecule has 0 amide bonds. The summed E-state index contributed by atoms with van der Waals surface area (Å²) >= 11 is 1.48. The van der Waals surface area contributed by atoms with Crippen LogP contribution in [0.2, 0.25) is 0 Å². The van der Waals surface area contributed by atoms with Gasteiger partial charge in [-0.2, -0.15) is 5.10 Å². The van der Waals surface area contributed by atoms with Crippen LogP contribution in [0.1, 0.15) is 5.69 Å². The number of ether oxygens (including phenoxy) is 2. The number of thiazole rings is 1. The lowest BCUT2D eigenvalue weighted by Gasteiger charge is -2.08. The molecule has 4 rings (SSSR count). The maximum Gasteiger partial charge on any atom is 0.281 e. The number of nitrogens with zero attached hydrogens (tertiary/aromatic N) is 6. The molecule has 0 radical (unpaired) electrons. The molecule has 0 fully saturated rings. The molecule has 0 aliphatic heterocycles. The molecule has 4 aromatic rings. The van der Waals surface area contributed by atoms with Gasteiger partial charge in [0.25, 0.3) is 5.56 Å². The zero-order valence-electron chi connectivity index (χ0n) is 14.9. The second-order valence-corrected chi connectivity index (χ2v) is 6.63. The summed E-state index contributed by atoms with van der Waals surface area (Å²) in [7, 11) is 4.90. The van der Waals surface area contributed by atoms with Crippen molar-refractivity contribution in [3.63, 3.8) is 0 Å². The lowest BCUT2D eigenvalue weighted by atomic mass is 10.2. The monoisotopic (exact) mass is 384 g/mol. The van der Waals surface area contributed by atoms with Crippen molar-refractivity contribution in [2.45, 2.75) is 6.54 Å². The minimum atomic E-state index is -0.242. The third kappa shape index (κ3) is 3.04. The van der Waals surface area contributed by atoms with Crippen LogP contribution < -0.4 is 15.0 Å². The van der Waals surface area contributed by atoms with E-state index in [4.69, 9.17) is 9.47 Å². The molecule has 0 N–H and O–H groups in total. The van der Waals surface area contributed by atoms with Crippen molar-refractivity contribution in [1.29, 1.82) is 0 Å². The van der Waals surface area contributed by atoms with Crippen molar-refractivity contribution in [3.8, 4) is 22.1 Å². The van der Waals surface area contributed by atoms with Crippen LogP contribution >= 0.6 is 11.3 Å². The molecule has 0 saturated heterocycles. The van der Waals surface area contributed by atoms with Gasteiger partial charge in [-0.25, -0.2) is 14.3 Å². The summed E-state index contributed by atoms with van der Waals surface area (Å²) < 4.78 is 13.4. The van der Waals surface area contributed by atoms with Crippen molar-refractivity contribution in [1.82, 2.24) is 29.8 Å². The molecule has 0 saturated carbocycles. The summed E-state index contributed by atoms with van der Waals surface area (Å²) in [6.45, 7) is 0.237. The van der Waals surface area contributed by atoms with Crippen LogP contribution in [-0.2, 0) is 13.6 Å². The van der Waals surface area contributed by atoms with Crippen molar-refractivity contribution in [3.05, 3.63) is 45.8 Å². The first kappa shape index (κ1) is 17.2. The van der Waals surface area contributed by atoms with E-state index in [2.05, 4.69) is 20.4 Å². The quantitative estimate of drug-likeness (QED) is 0.517. The van der Waals surface area contributed by atoms with E-state index in [0.29, 0.717) is 22.5 Å². The average molecular weight is 384 g/mol. The van der Waals surface area contributed by atoms with Crippen LogP contribution in [0.4, 0.5) is 0 Å². The van der Waals surface area contributed by atoms with Gasteiger partial charge in [0.05, 0.1) is 32.7 Å². The van der Waals surface area contributed by atoms with Gasteiger partial charge in [0.1, 0.15) is 10.4 Å². The minimum Gasteiger partial charge on any atom is -0.493 e. The minimum absolute atomic E-state index is 0.237. The Hall–Kier alpha value is -3.27. The summed E-state index contributed by atoms with van der Waals surface area (Å²) in [5, 5.41) is 15.2. The van der Waals surface area contributed by atoms with Crippen molar-refractivity contribution < 1.29 is 9.47 Å². The highest BCUT2D eigenvalue weighted by Crippen LogP contribution is 2.33. The maximum absolute atomic E-state index is 12.5. The van der Waals surface area contributed by atoms with Crippen LogP contribution in [-0.4, -0.2) is 44.0 Å². The third-order valence-corrected chi connectivity index (χ3v) is 5.05. The van der Waals surface area contributed by atoms with E-state index in [1.807, 2.05) is 23.6 Å². The molecule has 0 aliphatic rings. The van der Waals surface area contributed by atoms with E-state index in [1.165, 1.54) is 26.9 Å². The molecule has 9 nitrogen and oxygen atoms in total. The van der Waals surface area contributed by atoms with Gasteiger partial charge < -0.3 is 9.47 Å². The van der Waals surface area contributed by atoms with E-state index >= 15 is 0 Å². The molecule has 0 aliphatic carbocycles. The van der Waals surface area contributed by atoms with Crippen LogP contribution in [0.15, 0.2) is 34.6 Å². The van der Waals surface area contributed by atoms with Crippen molar-refractivity contribution in [2.24, 2.45) is 7.05 Å². The fourth-order valence-corrected chi connectivity index (χ4v) is 3.52. The Bertz CT molecular complexity index is 1180. The fourth-order valence-electron chi connectivity index (χ4n) is 2.71. The molecule has 10 heteroatoms. The Kier molecular flexibility index (Phi) is 4.32. The van der Waals surface area contributed by atoms with E-state index in [1.54, 1.807) is 21.3 Å². The van der Waals surface area contributed by atoms with Crippen LogP contribution in [0.25, 0.3) is 21.6 Å². The molecule has 0 atom stereocenters. The number of rotatable bonds is 5. The van der Waals surface area contributed by atoms with Gasteiger partial charge in [-0.1, -0.05) is 5.21 Å². The predicted molar refractivity (Wildman–Crippen MR) is 100 cm³/mol. The molecular weight excluding hydrogens is 368 g/mol. The molecule has 138 valence electrons. The number of hydrogen-bond donors (Lipinski definition) is 0. The van der Waals surface area contributed by atoms with E-state index in [0.717, 1.165) is 16.3 Å². The molecule has 0 bridgehead atoms. The summed E-state index contributed by atoms with van der Waals surface area (Å²) in [6.07, 6.45) is 1.50. The fraction of sp³-hybridized carbons (Fsp3) is 0.235. The highest BCUT2D eigenvalue weighted by atomic mass is 32.1. The summed E-state index contributed by atoms with van der Waals surface area (Å²) in [5.74, 6) is 1.29. The zero-order valence-corrected chi connectivity index (χ0v) is 15.7. The third-order valence-electron chi connectivity index (χ3n) is 4.11. The SMILES string of the molecule is COc1ccc(-c2nc(Cn3nnc4c(cnn4C)c3=O)cs2)cc1OC. The number of benzene rings is 1. The average Bonchev–Trinajstić information content (AvgIpc) is 3.31. The first-order valence-corrected chi connectivity index (χ1v) is 8.91. The Labute approximate surface area is 157 Å². The number of fused-ring (bicyclic) bond motifs is 1. The first-order chi connectivity index (χ1) is 13.1. The maximum atomic E-state index is 12.5. The summed E-state index contributed by atoms with van der Waals surface area (Å²) in [6, 6.07) is 5.62. The Balaban J connectivity index is 1.64. The van der Waals surface area contributed by atoms with E-state index < -0.39 is 0 Å². The molecule has 27 heavy (non-hydrogen) atoms. The van der Waals surface area contributed by atoms with Gasteiger partial charge in [-0.15, -0.1) is 16.4 Å². The van der Waals surface area contributed by atoms with E-state index in [9.17, 15) is 4.79 Å². The lowest BCUT2D eigenvalue weighted by Crippen LogP contribution is -2.24. The van der Waals surface area contributed by atoms with Gasteiger partial charge >= 0.3 is 0 Å². The Morgan fingerprint density at radius 3 is 2.78 bits per heavy atom. The number of methoxy groups -OCH3 is 2. The highest BCUT2D eigenvalue weighted by Gasteiger charge is 2.13. The molecular formula is C17H16N6O3S. The largest absolute Gasteiger partial charge is 0.493 e. The first-order valence-electron chi connectivity index (χ1n) is 8.03. The molecule has 3 aromatic heterocycles. The van der Waals surface area contributed by atoms with Crippen LogP contribution in [0, 0.1) is 0 Å². The van der Waals surface area contributed by atoms with Crippen molar-refractivity contribution in [2.75, 3.05) is 14.2 Å². The second-order valence-electron chi connectivity index (χ2n) is 5.77. The lowest BCUT2D eigenvalue weighted by molar-refractivity contribution is 0.355. The van der Waals surface area contributed by atoms with Gasteiger partial charge in [0, 0.05) is 18.0 Å². The molecule has 3 heterocycles. The van der Waals surface area contributed by atoms with Gasteiger partial charge in [-0.05, 0) is 18.2 Å². The van der Waals surface area contributed by atoms with E-state index in [-0.39, 0.29) is 12.1 Å². The van der Waals surface area contributed by atoms with Gasteiger partial charge in [-0.3, -0.25) is 4.79 Å². The standard InChI is InChI=1S/C17H16N6O3S/c1-22-15-12(7-18-22)17(24)23(21-20-15)8-11-9-27-16(19-11)10-4-5-13(25-2)14(6-10)26-3/h4-7,9H,8H2,1-3H3. The highest BCUT2D eigenvalue weighted by molar-refractivity contribution is 7.13. The number of aryl methyl sites for hydroxylation is 1. The predicted octanol–water partition coefficient (Wildman–Crippen LogP) is 1.71. The number of aromatic nitrogens is 6. The Morgan fingerprint density at radius 2 is 2.00 bits per heavy atom. The van der Waals surface area contributed by atoms with Gasteiger partial charge in [0.2, 0.25) is 0 Å². The molecule has 0 spiro atoms. The normalized spacial score (nSPS) is 11.1. The van der Waals surface area contributed by atoms with Gasteiger partial charge in [0.15, 0.2) is 17.1 Å². The molecule has 0 unspecified atom stereocenters. The van der Waals surface area contributed by atoms with Crippen LogP contribution in [0.3, 0.4) is 0 Å². The smallest absolute Gasteiger partial charge is 0.281 e. The summed E-state index contributed by atoms with van der Waals surface area (Å²) in [4.78, 5) is 17.1. The topological polar surface area (TPSA) is 97.0 Å². The summed E-state index contributed by atoms with van der Waals surface area (Å²) in [5.41, 5.74) is 1.85. The van der Waals surface area contributed by atoms with Crippen molar-refractivity contribution >= 4 is 22.4 Å². The van der Waals surface area contributed by atoms with Crippen LogP contribution in [0.5, 0.6) is 11.5 Å². The molecule has 1 aromatic carbocycles.